The lowest BCUT2D eigenvalue weighted by Gasteiger charge is -2.20. The second kappa shape index (κ2) is 9.82. The van der Waals surface area contributed by atoms with Crippen molar-refractivity contribution >= 4 is 6.09 Å². The molecular weight excluding hydrogens is 264 g/mol. The third-order valence-corrected chi connectivity index (χ3v) is 3.56. The van der Waals surface area contributed by atoms with Crippen LogP contribution in [-0.4, -0.2) is 30.8 Å². The minimum atomic E-state index is -0.437. The molecule has 4 heteroatoms. The molecular formula is C17H32N2O2. The van der Waals surface area contributed by atoms with Crippen molar-refractivity contribution < 1.29 is 9.53 Å². The van der Waals surface area contributed by atoms with Crippen molar-refractivity contribution in [2.45, 2.75) is 77.4 Å². The Morgan fingerprint density at radius 1 is 1.05 bits per heavy atom. The molecule has 1 fully saturated rings. The molecule has 2 N–H and O–H groups in total. The molecule has 1 amide bonds. The van der Waals surface area contributed by atoms with Crippen LogP contribution in [0.15, 0.2) is 12.2 Å². The van der Waals surface area contributed by atoms with E-state index in [0.29, 0.717) is 12.6 Å². The average molecular weight is 296 g/mol. The lowest BCUT2D eigenvalue weighted by Crippen LogP contribution is -2.32. The highest BCUT2D eigenvalue weighted by Crippen LogP contribution is 2.16. The van der Waals surface area contributed by atoms with Crippen molar-refractivity contribution in [3.05, 3.63) is 12.2 Å². The summed E-state index contributed by atoms with van der Waals surface area (Å²) in [6.07, 6.45) is 13.2. The van der Waals surface area contributed by atoms with Crippen LogP contribution in [0.2, 0.25) is 0 Å². The SMILES string of the molecule is CC(C)(C)OC(=O)NC/C=C/CNC1CCCCCCC1. The highest BCUT2D eigenvalue weighted by atomic mass is 16.6. The summed E-state index contributed by atoms with van der Waals surface area (Å²) in [5.74, 6) is 0. The number of amides is 1. The van der Waals surface area contributed by atoms with Gasteiger partial charge in [-0.25, -0.2) is 4.79 Å². The van der Waals surface area contributed by atoms with E-state index in [0.717, 1.165) is 6.54 Å². The maximum absolute atomic E-state index is 11.4. The predicted octanol–water partition coefficient (Wildman–Crippen LogP) is 3.77. The zero-order valence-electron chi connectivity index (χ0n) is 13.9. The Bertz CT molecular complexity index is 313. The van der Waals surface area contributed by atoms with Crippen molar-refractivity contribution in [1.82, 2.24) is 10.6 Å². The summed E-state index contributed by atoms with van der Waals surface area (Å²) < 4.78 is 5.17. The first kappa shape index (κ1) is 18.0. The molecule has 0 aliphatic heterocycles. The van der Waals surface area contributed by atoms with Crippen molar-refractivity contribution in [1.29, 1.82) is 0 Å². The van der Waals surface area contributed by atoms with E-state index in [9.17, 15) is 4.79 Å². The summed E-state index contributed by atoms with van der Waals surface area (Å²) in [6, 6.07) is 0.661. The Balaban J connectivity index is 2.07. The van der Waals surface area contributed by atoms with E-state index < -0.39 is 5.60 Å². The number of hydrogen-bond acceptors (Lipinski definition) is 3. The van der Waals surface area contributed by atoms with Crippen LogP contribution in [0.4, 0.5) is 4.79 Å². The smallest absolute Gasteiger partial charge is 0.407 e. The molecule has 21 heavy (non-hydrogen) atoms. The number of alkyl carbamates (subject to hydrolysis) is 1. The number of ether oxygens (including phenoxy) is 1. The number of carbonyl (C=O) groups is 1. The highest BCUT2D eigenvalue weighted by molar-refractivity contribution is 5.67. The molecule has 1 aliphatic rings. The summed E-state index contributed by atoms with van der Waals surface area (Å²) >= 11 is 0. The largest absolute Gasteiger partial charge is 0.444 e. The summed E-state index contributed by atoms with van der Waals surface area (Å²) in [7, 11) is 0. The van der Waals surface area contributed by atoms with Crippen LogP contribution in [0.5, 0.6) is 0 Å². The van der Waals surface area contributed by atoms with Crippen LogP contribution in [0, 0.1) is 0 Å². The van der Waals surface area contributed by atoms with Gasteiger partial charge >= 0.3 is 6.09 Å². The van der Waals surface area contributed by atoms with Crippen LogP contribution in [0.1, 0.15) is 65.7 Å². The first-order valence-electron chi connectivity index (χ1n) is 8.32. The molecule has 0 radical (unpaired) electrons. The Morgan fingerprint density at radius 3 is 2.24 bits per heavy atom. The lowest BCUT2D eigenvalue weighted by molar-refractivity contribution is 0.0534. The fourth-order valence-corrected chi connectivity index (χ4v) is 2.52. The van der Waals surface area contributed by atoms with E-state index in [1.165, 1.54) is 44.9 Å². The molecule has 0 atom stereocenters. The first-order valence-corrected chi connectivity index (χ1v) is 8.32. The minimum Gasteiger partial charge on any atom is -0.444 e. The van der Waals surface area contributed by atoms with Gasteiger partial charge in [0.05, 0.1) is 0 Å². The molecule has 0 bridgehead atoms. The monoisotopic (exact) mass is 296 g/mol. The fraction of sp³-hybridized carbons (Fsp3) is 0.824. The average Bonchev–Trinajstić information content (AvgIpc) is 2.33. The molecule has 4 nitrogen and oxygen atoms in total. The summed E-state index contributed by atoms with van der Waals surface area (Å²) in [6.45, 7) is 6.98. The summed E-state index contributed by atoms with van der Waals surface area (Å²) in [5.41, 5.74) is -0.437. The van der Waals surface area contributed by atoms with Gasteiger partial charge in [-0.3, -0.25) is 0 Å². The molecule has 0 spiro atoms. The van der Waals surface area contributed by atoms with Crippen molar-refractivity contribution in [2.24, 2.45) is 0 Å². The number of carbonyl (C=O) groups excluding carboxylic acids is 1. The van der Waals surface area contributed by atoms with Crippen molar-refractivity contribution in [2.75, 3.05) is 13.1 Å². The van der Waals surface area contributed by atoms with Crippen LogP contribution in [0.25, 0.3) is 0 Å². The van der Waals surface area contributed by atoms with Gasteiger partial charge in [-0.15, -0.1) is 0 Å². The predicted molar refractivity (Wildman–Crippen MR) is 87.5 cm³/mol. The minimum absolute atomic E-state index is 0.361. The fourth-order valence-electron chi connectivity index (χ4n) is 2.52. The molecule has 0 unspecified atom stereocenters. The molecule has 0 heterocycles. The second-order valence-corrected chi connectivity index (χ2v) is 6.80. The van der Waals surface area contributed by atoms with Gasteiger partial charge in [0.1, 0.15) is 5.60 Å². The second-order valence-electron chi connectivity index (χ2n) is 6.80. The first-order chi connectivity index (χ1) is 9.97. The van der Waals surface area contributed by atoms with E-state index in [1.54, 1.807) is 0 Å². The normalized spacial score (nSPS) is 18.2. The zero-order chi connectivity index (χ0) is 15.6. The summed E-state index contributed by atoms with van der Waals surface area (Å²) in [4.78, 5) is 11.4. The third kappa shape index (κ3) is 10.4. The molecule has 0 aromatic carbocycles. The van der Waals surface area contributed by atoms with Crippen LogP contribution in [-0.2, 0) is 4.74 Å². The Morgan fingerprint density at radius 2 is 1.62 bits per heavy atom. The van der Waals surface area contributed by atoms with E-state index in [1.807, 2.05) is 26.8 Å². The van der Waals surface area contributed by atoms with Gasteiger partial charge in [0, 0.05) is 19.1 Å². The molecule has 1 rings (SSSR count). The Labute approximate surface area is 129 Å². The maximum atomic E-state index is 11.4. The summed E-state index contributed by atoms with van der Waals surface area (Å²) in [5, 5.41) is 6.31. The Kier molecular flexibility index (Phi) is 8.43. The van der Waals surface area contributed by atoms with Crippen LogP contribution in [0.3, 0.4) is 0 Å². The number of nitrogens with one attached hydrogen (secondary N) is 2. The topological polar surface area (TPSA) is 50.4 Å². The van der Waals surface area contributed by atoms with Crippen molar-refractivity contribution in [3.8, 4) is 0 Å². The van der Waals surface area contributed by atoms with Gasteiger partial charge in [0.2, 0.25) is 0 Å². The molecule has 1 aliphatic carbocycles. The van der Waals surface area contributed by atoms with Gasteiger partial charge in [0.15, 0.2) is 0 Å². The van der Waals surface area contributed by atoms with Gasteiger partial charge in [-0.2, -0.15) is 0 Å². The van der Waals surface area contributed by atoms with Gasteiger partial charge < -0.3 is 15.4 Å². The molecule has 0 aromatic rings. The number of rotatable bonds is 5. The Hall–Kier alpha value is -1.03. The van der Waals surface area contributed by atoms with Crippen molar-refractivity contribution in [3.63, 3.8) is 0 Å². The lowest BCUT2D eigenvalue weighted by atomic mass is 9.97. The van der Waals surface area contributed by atoms with Crippen LogP contribution >= 0.6 is 0 Å². The van der Waals surface area contributed by atoms with E-state index in [4.69, 9.17) is 4.74 Å². The maximum Gasteiger partial charge on any atom is 0.407 e. The van der Waals surface area contributed by atoms with Gasteiger partial charge in [-0.05, 0) is 33.6 Å². The molecule has 122 valence electrons. The molecule has 0 saturated heterocycles. The van der Waals surface area contributed by atoms with Gasteiger partial charge in [0.25, 0.3) is 0 Å². The highest BCUT2D eigenvalue weighted by Gasteiger charge is 2.15. The quantitative estimate of drug-likeness (QED) is 0.759. The van der Waals surface area contributed by atoms with E-state index in [-0.39, 0.29) is 6.09 Å². The van der Waals surface area contributed by atoms with Gasteiger partial charge in [-0.1, -0.05) is 44.3 Å². The van der Waals surface area contributed by atoms with Crippen LogP contribution < -0.4 is 10.6 Å². The van der Waals surface area contributed by atoms with E-state index in [2.05, 4.69) is 16.7 Å². The molecule has 0 aromatic heterocycles. The van der Waals surface area contributed by atoms with E-state index >= 15 is 0 Å². The zero-order valence-corrected chi connectivity index (χ0v) is 13.9. The standard InChI is InChI=1S/C17H32N2O2/c1-17(2,3)21-16(20)19-14-10-9-13-18-15-11-7-5-4-6-8-12-15/h9-10,15,18H,4-8,11-14H2,1-3H3,(H,19,20)/b10-9+. The third-order valence-electron chi connectivity index (χ3n) is 3.56. The molecule has 1 saturated carbocycles. The number of hydrogen-bond donors (Lipinski definition) is 2.